The summed E-state index contributed by atoms with van der Waals surface area (Å²) in [7, 11) is 2.08. The number of hydrogen-bond acceptors (Lipinski definition) is 3. The molecule has 118 valence electrons. The minimum atomic E-state index is 0.710. The van der Waals surface area contributed by atoms with Crippen molar-refractivity contribution in [1.29, 1.82) is 0 Å². The lowest BCUT2D eigenvalue weighted by Gasteiger charge is -2.16. The zero-order valence-corrected chi connectivity index (χ0v) is 14.4. The Kier molecular flexibility index (Phi) is 4.96. The quantitative estimate of drug-likeness (QED) is 0.792. The lowest BCUT2D eigenvalue weighted by atomic mass is 10.2. The van der Waals surface area contributed by atoms with Gasteiger partial charge in [-0.25, -0.2) is 4.68 Å². The Hall–Kier alpha value is -1.17. The van der Waals surface area contributed by atoms with Crippen LogP contribution in [0.3, 0.4) is 0 Å². The van der Waals surface area contributed by atoms with Gasteiger partial charge in [-0.1, -0.05) is 30.2 Å². The van der Waals surface area contributed by atoms with Crippen LogP contribution in [0.1, 0.15) is 30.7 Å². The van der Waals surface area contributed by atoms with Crippen LogP contribution >= 0.6 is 23.8 Å². The number of halogens is 1. The van der Waals surface area contributed by atoms with Gasteiger partial charge >= 0.3 is 0 Å². The fourth-order valence-electron chi connectivity index (χ4n) is 2.90. The summed E-state index contributed by atoms with van der Waals surface area (Å²) in [4.78, 5) is 2.21. The van der Waals surface area contributed by atoms with Gasteiger partial charge in [-0.3, -0.25) is 4.90 Å². The third-order valence-corrected chi connectivity index (χ3v) is 4.71. The molecule has 0 unspecified atom stereocenters. The normalized spacial score (nSPS) is 14.9. The molecular formula is C16H21ClN4S. The Bertz CT molecular complexity index is 689. The third-order valence-electron chi connectivity index (χ3n) is 4.02. The van der Waals surface area contributed by atoms with E-state index in [0.717, 1.165) is 35.1 Å². The van der Waals surface area contributed by atoms with Gasteiger partial charge in [-0.2, -0.15) is 5.10 Å². The van der Waals surface area contributed by atoms with Crippen molar-refractivity contribution in [3.63, 3.8) is 0 Å². The van der Waals surface area contributed by atoms with Crippen molar-refractivity contribution < 1.29 is 0 Å². The minimum absolute atomic E-state index is 0.710. The van der Waals surface area contributed by atoms with Gasteiger partial charge in [0.05, 0.1) is 6.67 Å². The number of fused-ring (bicyclic) bond motifs is 1. The largest absolute Gasteiger partial charge is 0.304 e. The van der Waals surface area contributed by atoms with Crippen molar-refractivity contribution in [1.82, 2.24) is 19.2 Å². The van der Waals surface area contributed by atoms with Crippen LogP contribution in [0.25, 0.3) is 0 Å². The van der Waals surface area contributed by atoms with E-state index in [0.29, 0.717) is 6.67 Å². The fraction of sp³-hybridized carbons (Fsp3) is 0.500. The number of nitrogens with zero attached hydrogens (tertiary/aromatic N) is 4. The average molecular weight is 337 g/mol. The third kappa shape index (κ3) is 3.59. The van der Waals surface area contributed by atoms with Crippen molar-refractivity contribution in [2.75, 3.05) is 7.05 Å². The Balaban J connectivity index is 1.70. The second kappa shape index (κ2) is 6.94. The highest BCUT2D eigenvalue weighted by Crippen LogP contribution is 2.15. The highest BCUT2D eigenvalue weighted by atomic mass is 35.5. The van der Waals surface area contributed by atoms with Gasteiger partial charge in [0.2, 0.25) is 0 Å². The van der Waals surface area contributed by atoms with Gasteiger partial charge < -0.3 is 4.57 Å². The first-order chi connectivity index (χ1) is 10.6. The van der Waals surface area contributed by atoms with E-state index in [1.807, 2.05) is 16.8 Å². The average Bonchev–Trinajstić information content (AvgIpc) is 2.67. The molecule has 1 aliphatic heterocycles. The van der Waals surface area contributed by atoms with Crippen molar-refractivity contribution in [2.24, 2.45) is 0 Å². The van der Waals surface area contributed by atoms with Crippen LogP contribution in [0.15, 0.2) is 24.3 Å². The first-order valence-electron chi connectivity index (χ1n) is 7.73. The summed E-state index contributed by atoms with van der Waals surface area (Å²) in [5.74, 6) is 1.14. The van der Waals surface area contributed by atoms with E-state index in [4.69, 9.17) is 28.9 Å². The number of benzene rings is 1. The highest BCUT2D eigenvalue weighted by molar-refractivity contribution is 7.71. The summed E-state index contributed by atoms with van der Waals surface area (Å²) in [6.07, 6.45) is 4.73. The lowest BCUT2D eigenvalue weighted by molar-refractivity contribution is 0.243. The minimum Gasteiger partial charge on any atom is -0.304 e. The molecule has 2 heterocycles. The van der Waals surface area contributed by atoms with E-state index >= 15 is 0 Å². The maximum Gasteiger partial charge on any atom is 0.199 e. The molecule has 1 aliphatic rings. The predicted octanol–water partition coefficient (Wildman–Crippen LogP) is 3.88. The molecule has 6 heteroatoms. The van der Waals surface area contributed by atoms with Crippen molar-refractivity contribution in [2.45, 2.75) is 45.4 Å². The summed E-state index contributed by atoms with van der Waals surface area (Å²) in [5, 5.41) is 5.49. The molecule has 0 saturated heterocycles. The SMILES string of the molecule is CN(Cc1ccc(Cl)cc1)Cn1nc2n(c1=S)CCCCC2. The van der Waals surface area contributed by atoms with Crippen LogP contribution in [0.4, 0.5) is 0 Å². The van der Waals surface area contributed by atoms with Gasteiger partial charge in [0, 0.05) is 24.5 Å². The molecule has 0 bridgehead atoms. The molecule has 1 aromatic carbocycles. The van der Waals surface area contributed by atoms with Gasteiger partial charge in [0.25, 0.3) is 0 Å². The number of aryl methyl sites for hydroxylation is 1. The molecule has 3 rings (SSSR count). The van der Waals surface area contributed by atoms with Crippen LogP contribution in [-0.2, 0) is 26.2 Å². The maximum absolute atomic E-state index is 5.93. The van der Waals surface area contributed by atoms with E-state index in [1.54, 1.807) is 0 Å². The number of hydrogen-bond donors (Lipinski definition) is 0. The molecule has 22 heavy (non-hydrogen) atoms. The molecule has 0 radical (unpaired) electrons. The maximum atomic E-state index is 5.93. The van der Waals surface area contributed by atoms with Crippen LogP contribution in [0.2, 0.25) is 5.02 Å². The second-order valence-electron chi connectivity index (χ2n) is 5.94. The molecule has 0 atom stereocenters. The van der Waals surface area contributed by atoms with Crippen LogP contribution in [-0.4, -0.2) is 26.3 Å². The second-order valence-corrected chi connectivity index (χ2v) is 6.74. The monoisotopic (exact) mass is 336 g/mol. The van der Waals surface area contributed by atoms with E-state index in [9.17, 15) is 0 Å². The Morgan fingerprint density at radius 2 is 2.00 bits per heavy atom. The van der Waals surface area contributed by atoms with E-state index in [2.05, 4.69) is 28.6 Å². The zero-order chi connectivity index (χ0) is 15.5. The van der Waals surface area contributed by atoms with Crippen molar-refractivity contribution in [3.8, 4) is 0 Å². The molecule has 2 aromatic rings. The van der Waals surface area contributed by atoms with Crippen LogP contribution in [0.5, 0.6) is 0 Å². The van der Waals surface area contributed by atoms with Gasteiger partial charge in [-0.15, -0.1) is 0 Å². The lowest BCUT2D eigenvalue weighted by Crippen LogP contribution is -2.22. The highest BCUT2D eigenvalue weighted by Gasteiger charge is 2.14. The molecule has 0 aliphatic carbocycles. The topological polar surface area (TPSA) is 26.0 Å². The van der Waals surface area contributed by atoms with Crippen LogP contribution < -0.4 is 0 Å². The summed E-state index contributed by atoms with van der Waals surface area (Å²) in [6.45, 7) is 2.57. The van der Waals surface area contributed by atoms with Gasteiger partial charge in [-0.05, 0) is 49.8 Å². The predicted molar refractivity (Wildman–Crippen MR) is 91.5 cm³/mol. The van der Waals surface area contributed by atoms with Crippen molar-refractivity contribution >= 4 is 23.8 Å². The molecule has 0 spiro atoms. The summed E-state index contributed by atoms with van der Waals surface area (Å²) < 4.78 is 5.00. The first kappa shape index (κ1) is 15.7. The molecule has 4 nitrogen and oxygen atoms in total. The Labute approximate surface area is 141 Å². The smallest absolute Gasteiger partial charge is 0.199 e. The number of rotatable bonds is 4. The van der Waals surface area contributed by atoms with Gasteiger partial charge in [0.15, 0.2) is 4.77 Å². The Morgan fingerprint density at radius 3 is 2.77 bits per heavy atom. The van der Waals surface area contributed by atoms with E-state index in [-0.39, 0.29) is 0 Å². The Morgan fingerprint density at radius 1 is 1.23 bits per heavy atom. The molecule has 1 aromatic heterocycles. The molecular weight excluding hydrogens is 316 g/mol. The molecule has 0 fully saturated rings. The number of aromatic nitrogens is 3. The van der Waals surface area contributed by atoms with E-state index in [1.165, 1.54) is 24.8 Å². The summed E-state index contributed by atoms with van der Waals surface area (Å²) in [5.41, 5.74) is 1.24. The van der Waals surface area contributed by atoms with Crippen molar-refractivity contribution in [3.05, 3.63) is 45.4 Å². The standard InChI is InChI=1S/C16H21ClN4S/c1-19(11-13-6-8-14(17)9-7-13)12-21-16(22)20-10-4-2-3-5-15(20)18-21/h6-9H,2-5,10-12H2,1H3. The zero-order valence-electron chi connectivity index (χ0n) is 12.8. The van der Waals surface area contributed by atoms with Gasteiger partial charge in [0.1, 0.15) is 5.82 Å². The first-order valence-corrected chi connectivity index (χ1v) is 8.51. The molecule has 0 saturated carbocycles. The summed E-state index contributed by atoms with van der Waals surface area (Å²) >= 11 is 11.5. The van der Waals surface area contributed by atoms with E-state index < -0.39 is 0 Å². The molecule has 0 N–H and O–H groups in total. The summed E-state index contributed by atoms with van der Waals surface area (Å²) in [6, 6.07) is 7.96. The van der Waals surface area contributed by atoms with Crippen LogP contribution in [0, 0.1) is 4.77 Å². The fourth-order valence-corrected chi connectivity index (χ4v) is 3.32. The molecule has 0 amide bonds.